The maximum atomic E-state index is 13.0. The summed E-state index contributed by atoms with van der Waals surface area (Å²) >= 11 is 3.40. The third-order valence-electron chi connectivity index (χ3n) is 4.15. The van der Waals surface area contributed by atoms with E-state index in [-0.39, 0.29) is 11.7 Å². The molecule has 3 rings (SSSR count). The number of nitrogens with zero attached hydrogens (tertiary/aromatic N) is 3. The second-order valence-corrected chi connectivity index (χ2v) is 6.46. The van der Waals surface area contributed by atoms with Gasteiger partial charge in [0.05, 0.1) is 10.2 Å². The molecule has 7 heteroatoms. The van der Waals surface area contributed by atoms with Crippen molar-refractivity contribution >= 4 is 21.8 Å². The van der Waals surface area contributed by atoms with Crippen molar-refractivity contribution < 1.29 is 9.18 Å². The monoisotopic (exact) mass is 380 g/mol. The highest BCUT2D eigenvalue weighted by molar-refractivity contribution is 9.10. The van der Waals surface area contributed by atoms with Gasteiger partial charge in [-0.05, 0) is 60.1 Å². The first-order valence-electron chi connectivity index (χ1n) is 7.56. The maximum Gasteiger partial charge on any atom is 0.275 e. The largest absolute Gasteiger partial charge is 0.337 e. The first-order chi connectivity index (χ1) is 11.1. The molecule has 1 saturated heterocycles. The van der Waals surface area contributed by atoms with Crippen LogP contribution in [-0.2, 0) is 0 Å². The molecule has 1 amide bonds. The minimum atomic E-state index is -0.302. The Morgan fingerprint density at radius 1 is 1.30 bits per heavy atom. The van der Waals surface area contributed by atoms with E-state index in [0.717, 1.165) is 25.9 Å². The summed E-state index contributed by atoms with van der Waals surface area (Å²) in [6.07, 6.45) is 3.61. The number of carbonyl (C=O) groups excluding carboxylic acids is 1. The van der Waals surface area contributed by atoms with Gasteiger partial charge in [-0.15, -0.1) is 0 Å². The lowest BCUT2D eigenvalue weighted by atomic mass is 10.1. The van der Waals surface area contributed by atoms with Crippen molar-refractivity contribution in [2.75, 3.05) is 20.1 Å². The number of piperidine rings is 1. The van der Waals surface area contributed by atoms with E-state index >= 15 is 0 Å². The molecule has 0 spiro atoms. The fourth-order valence-corrected chi connectivity index (χ4v) is 3.19. The molecule has 0 saturated carbocycles. The molecule has 23 heavy (non-hydrogen) atoms. The van der Waals surface area contributed by atoms with Crippen molar-refractivity contribution in [3.8, 4) is 5.69 Å². The average Bonchev–Trinajstić information content (AvgIpc) is 2.96. The van der Waals surface area contributed by atoms with Crippen LogP contribution in [0.15, 0.2) is 34.9 Å². The van der Waals surface area contributed by atoms with Crippen molar-refractivity contribution in [2.24, 2.45) is 0 Å². The number of likely N-dealkylation sites (tertiary alicyclic amines) is 1. The molecule has 1 aromatic carbocycles. The van der Waals surface area contributed by atoms with Gasteiger partial charge < -0.3 is 10.2 Å². The van der Waals surface area contributed by atoms with E-state index in [2.05, 4.69) is 26.3 Å². The van der Waals surface area contributed by atoms with Gasteiger partial charge in [-0.25, -0.2) is 9.07 Å². The van der Waals surface area contributed by atoms with Crippen LogP contribution in [-0.4, -0.2) is 46.8 Å². The molecule has 0 unspecified atom stereocenters. The molecule has 1 N–H and O–H groups in total. The summed E-state index contributed by atoms with van der Waals surface area (Å²) in [7, 11) is 1.95. The van der Waals surface area contributed by atoms with Crippen LogP contribution in [0.25, 0.3) is 5.69 Å². The summed E-state index contributed by atoms with van der Waals surface area (Å²) in [5, 5.41) is 7.61. The Labute approximate surface area is 142 Å². The van der Waals surface area contributed by atoms with Crippen LogP contribution in [0.2, 0.25) is 0 Å². The predicted octanol–water partition coefficient (Wildman–Crippen LogP) is 2.60. The summed E-state index contributed by atoms with van der Waals surface area (Å²) in [6.45, 7) is 1.44. The summed E-state index contributed by atoms with van der Waals surface area (Å²) < 4.78 is 15.2. The molecule has 0 aliphatic carbocycles. The van der Waals surface area contributed by atoms with E-state index in [4.69, 9.17) is 0 Å². The quantitative estimate of drug-likeness (QED) is 0.890. The van der Waals surface area contributed by atoms with Gasteiger partial charge in [0.1, 0.15) is 5.82 Å². The van der Waals surface area contributed by atoms with E-state index in [1.807, 2.05) is 11.9 Å². The standard InChI is InChI=1S/C16H18BrFN4O/c1-19-12-6-8-21(9-7-12)16(23)15-14(17)10-22(20-15)13-4-2-11(18)3-5-13/h2-5,10,12,19H,6-9H2,1H3. The molecule has 1 fully saturated rings. The van der Waals surface area contributed by atoms with E-state index in [1.165, 1.54) is 12.1 Å². The second kappa shape index (κ2) is 6.80. The topological polar surface area (TPSA) is 50.2 Å². The van der Waals surface area contributed by atoms with Crippen molar-refractivity contribution in [3.63, 3.8) is 0 Å². The van der Waals surface area contributed by atoms with Crippen LogP contribution in [0.5, 0.6) is 0 Å². The van der Waals surface area contributed by atoms with Gasteiger partial charge in [0.15, 0.2) is 5.69 Å². The van der Waals surface area contributed by atoms with Gasteiger partial charge in [-0.1, -0.05) is 0 Å². The predicted molar refractivity (Wildman–Crippen MR) is 89.2 cm³/mol. The zero-order valence-electron chi connectivity index (χ0n) is 12.8. The molecule has 0 radical (unpaired) electrons. The SMILES string of the molecule is CNC1CCN(C(=O)c2nn(-c3ccc(F)cc3)cc2Br)CC1. The third kappa shape index (κ3) is 3.45. The number of rotatable bonds is 3. The number of carbonyl (C=O) groups is 1. The van der Waals surface area contributed by atoms with E-state index in [0.29, 0.717) is 21.9 Å². The molecular weight excluding hydrogens is 363 g/mol. The number of aromatic nitrogens is 2. The zero-order chi connectivity index (χ0) is 16.4. The molecule has 2 aromatic rings. The lowest BCUT2D eigenvalue weighted by Gasteiger charge is -2.31. The molecule has 2 heterocycles. The number of nitrogens with one attached hydrogen (secondary N) is 1. The Kier molecular flexibility index (Phi) is 4.77. The Morgan fingerprint density at radius 2 is 1.96 bits per heavy atom. The van der Waals surface area contributed by atoms with Crippen LogP contribution < -0.4 is 5.32 Å². The minimum Gasteiger partial charge on any atom is -0.337 e. The molecule has 0 atom stereocenters. The van der Waals surface area contributed by atoms with Crippen molar-refractivity contribution in [1.29, 1.82) is 0 Å². The molecule has 122 valence electrons. The summed E-state index contributed by atoms with van der Waals surface area (Å²) in [6, 6.07) is 6.46. The first-order valence-corrected chi connectivity index (χ1v) is 8.35. The molecule has 1 aromatic heterocycles. The highest BCUT2D eigenvalue weighted by Gasteiger charge is 2.26. The van der Waals surface area contributed by atoms with Gasteiger partial charge in [0, 0.05) is 25.3 Å². The number of halogens is 2. The van der Waals surface area contributed by atoms with Crippen molar-refractivity contribution in [1.82, 2.24) is 20.0 Å². The highest BCUT2D eigenvalue weighted by Crippen LogP contribution is 2.21. The molecule has 1 aliphatic heterocycles. The van der Waals surface area contributed by atoms with Crippen LogP contribution in [0, 0.1) is 5.82 Å². The van der Waals surface area contributed by atoms with Crippen LogP contribution in [0.1, 0.15) is 23.3 Å². The van der Waals surface area contributed by atoms with Crippen LogP contribution in [0.3, 0.4) is 0 Å². The van der Waals surface area contributed by atoms with Gasteiger partial charge in [0.2, 0.25) is 0 Å². The van der Waals surface area contributed by atoms with Crippen LogP contribution >= 0.6 is 15.9 Å². The number of amides is 1. The fourth-order valence-electron chi connectivity index (χ4n) is 2.74. The number of hydrogen-bond acceptors (Lipinski definition) is 3. The fraction of sp³-hybridized carbons (Fsp3) is 0.375. The number of hydrogen-bond donors (Lipinski definition) is 1. The lowest BCUT2D eigenvalue weighted by Crippen LogP contribution is -2.44. The van der Waals surface area contributed by atoms with E-state index in [1.54, 1.807) is 23.0 Å². The summed E-state index contributed by atoms with van der Waals surface area (Å²) in [5.41, 5.74) is 1.09. The smallest absolute Gasteiger partial charge is 0.275 e. The van der Waals surface area contributed by atoms with Crippen LogP contribution in [0.4, 0.5) is 4.39 Å². The zero-order valence-corrected chi connectivity index (χ0v) is 14.4. The van der Waals surface area contributed by atoms with E-state index in [9.17, 15) is 9.18 Å². The normalized spacial score (nSPS) is 15.9. The van der Waals surface area contributed by atoms with Gasteiger partial charge in [-0.2, -0.15) is 5.10 Å². The number of benzene rings is 1. The second-order valence-electron chi connectivity index (χ2n) is 5.60. The van der Waals surface area contributed by atoms with E-state index < -0.39 is 0 Å². The Balaban J connectivity index is 1.78. The lowest BCUT2D eigenvalue weighted by molar-refractivity contribution is 0.0700. The molecule has 5 nitrogen and oxygen atoms in total. The van der Waals surface area contributed by atoms with Gasteiger partial charge in [0.25, 0.3) is 5.91 Å². The first kappa shape index (κ1) is 16.1. The highest BCUT2D eigenvalue weighted by atomic mass is 79.9. The maximum absolute atomic E-state index is 13.0. The Bertz CT molecular complexity index is 693. The Hall–Kier alpha value is -1.73. The van der Waals surface area contributed by atoms with Crippen molar-refractivity contribution in [2.45, 2.75) is 18.9 Å². The van der Waals surface area contributed by atoms with Gasteiger partial charge in [-0.3, -0.25) is 4.79 Å². The summed E-state index contributed by atoms with van der Waals surface area (Å²) in [5.74, 6) is -0.379. The molecular formula is C16H18BrFN4O. The minimum absolute atomic E-state index is 0.0766. The molecule has 0 bridgehead atoms. The Morgan fingerprint density at radius 3 is 2.57 bits per heavy atom. The van der Waals surface area contributed by atoms with Gasteiger partial charge >= 0.3 is 0 Å². The summed E-state index contributed by atoms with van der Waals surface area (Å²) in [4.78, 5) is 14.5. The molecule has 1 aliphatic rings. The third-order valence-corrected chi connectivity index (χ3v) is 4.73. The van der Waals surface area contributed by atoms with Crippen molar-refractivity contribution in [3.05, 3.63) is 46.4 Å². The average molecular weight is 381 g/mol.